The molecule has 0 radical (unpaired) electrons. The molecule has 0 saturated carbocycles. The summed E-state index contributed by atoms with van der Waals surface area (Å²) < 4.78 is 5.66. The zero-order valence-electron chi connectivity index (χ0n) is 10.1. The van der Waals surface area contributed by atoms with Crippen LogP contribution in [-0.2, 0) is 0 Å². The fourth-order valence-corrected chi connectivity index (χ4v) is 2.27. The van der Waals surface area contributed by atoms with Crippen molar-refractivity contribution < 1.29 is 19.7 Å². The topological polar surface area (TPSA) is 66.8 Å². The van der Waals surface area contributed by atoms with Gasteiger partial charge in [0.05, 0.1) is 11.7 Å². The van der Waals surface area contributed by atoms with E-state index in [0.717, 1.165) is 0 Å². The molecule has 17 heavy (non-hydrogen) atoms. The summed E-state index contributed by atoms with van der Waals surface area (Å²) in [5.74, 6) is -0.141. The highest BCUT2D eigenvalue weighted by atomic mass is 16.5. The first-order valence-electron chi connectivity index (χ1n) is 5.68. The molecule has 0 aromatic heterocycles. The van der Waals surface area contributed by atoms with E-state index in [1.807, 2.05) is 13.8 Å². The molecule has 4 nitrogen and oxygen atoms in total. The quantitative estimate of drug-likeness (QED) is 0.786. The maximum absolute atomic E-state index is 10.9. The van der Waals surface area contributed by atoms with Crippen LogP contribution in [0, 0.1) is 5.92 Å². The molecule has 1 aromatic rings. The third kappa shape index (κ3) is 1.84. The number of ether oxygens (including phenoxy) is 1. The number of fused-ring (bicyclic) bond motifs is 1. The van der Waals surface area contributed by atoms with Gasteiger partial charge >= 0.3 is 5.97 Å². The Balaban J connectivity index is 2.56. The molecule has 3 atom stereocenters. The molecule has 92 valence electrons. The van der Waals surface area contributed by atoms with Crippen molar-refractivity contribution in [2.24, 2.45) is 5.92 Å². The maximum atomic E-state index is 10.9. The SMILES string of the molecule is CC1Oc2cc(C(=O)O)cc(O)c2C(C)C1C. The van der Waals surface area contributed by atoms with E-state index in [0.29, 0.717) is 11.3 Å². The van der Waals surface area contributed by atoms with E-state index in [1.165, 1.54) is 12.1 Å². The number of phenols is 1. The zero-order chi connectivity index (χ0) is 12.7. The second-order valence-corrected chi connectivity index (χ2v) is 4.68. The Kier molecular flexibility index (Phi) is 2.73. The first kappa shape index (κ1) is 11.8. The van der Waals surface area contributed by atoms with Crippen LogP contribution >= 0.6 is 0 Å². The van der Waals surface area contributed by atoms with Crippen LogP contribution in [-0.4, -0.2) is 22.3 Å². The molecule has 3 unspecified atom stereocenters. The molecular formula is C13H16O4. The second kappa shape index (κ2) is 3.95. The highest BCUT2D eigenvalue weighted by Gasteiger charge is 2.32. The summed E-state index contributed by atoms with van der Waals surface area (Å²) in [6.45, 7) is 6.03. The summed E-state index contributed by atoms with van der Waals surface area (Å²) in [6.07, 6.45) is 0.0148. The molecule has 0 aliphatic carbocycles. The molecule has 0 fully saturated rings. The van der Waals surface area contributed by atoms with Gasteiger partial charge in [-0.3, -0.25) is 0 Å². The second-order valence-electron chi connectivity index (χ2n) is 4.68. The lowest BCUT2D eigenvalue weighted by molar-refractivity contribution is 0.0693. The van der Waals surface area contributed by atoms with E-state index in [9.17, 15) is 9.90 Å². The van der Waals surface area contributed by atoms with Crippen LogP contribution in [0.4, 0.5) is 0 Å². The number of aromatic carboxylic acids is 1. The number of carboxylic acid groups (broad SMARTS) is 1. The Morgan fingerprint density at radius 1 is 1.29 bits per heavy atom. The fourth-order valence-electron chi connectivity index (χ4n) is 2.27. The normalized spacial score (nSPS) is 27.1. The smallest absolute Gasteiger partial charge is 0.335 e. The third-order valence-electron chi connectivity index (χ3n) is 3.66. The van der Waals surface area contributed by atoms with Gasteiger partial charge < -0.3 is 14.9 Å². The van der Waals surface area contributed by atoms with Gasteiger partial charge in [0.25, 0.3) is 0 Å². The standard InChI is InChI=1S/C13H16O4/c1-6-7(2)12-10(14)4-9(13(15)16)5-11(12)17-8(6)3/h4-8,14H,1-3H3,(H,15,16). The first-order chi connectivity index (χ1) is 7.91. The molecule has 2 rings (SSSR count). The van der Waals surface area contributed by atoms with Gasteiger partial charge in [0.15, 0.2) is 0 Å². The Labute approximate surface area is 99.8 Å². The maximum Gasteiger partial charge on any atom is 0.335 e. The molecule has 1 aromatic carbocycles. The lowest BCUT2D eigenvalue weighted by Gasteiger charge is -2.34. The van der Waals surface area contributed by atoms with Gasteiger partial charge in [-0.15, -0.1) is 0 Å². The number of carboxylic acids is 1. The van der Waals surface area contributed by atoms with Crippen LogP contribution in [0.2, 0.25) is 0 Å². The summed E-state index contributed by atoms with van der Waals surface area (Å²) in [6, 6.07) is 2.76. The highest BCUT2D eigenvalue weighted by molar-refractivity contribution is 5.89. The molecule has 4 heteroatoms. The monoisotopic (exact) mass is 236 g/mol. The molecule has 0 amide bonds. The number of carbonyl (C=O) groups is 1. The van der Waals surface area contributed by atoms with Crippen LogP contribution in [0.5, 0.6) is 11.5 Å². The number of aromatic hydroxyl groups is 1. The zero-order valence-corrected chi connectivity index (χ0v) is 10.1. The number of phenolic OH excluding ortho intramolecular Hbond substituents is 1. The summed E-state index contributed by atoms with van der Waals surface area (Å²) >= 11 is 0. The first-order valence-corrected chi connectivity index (χ1v) is 5.68. The lowest BCUT2D eigenvalue weighted by Crippen LogP contribution is -2.30. The molecular weight excluding hydrogens is 220 g/mol. The van der Waals surface area contributed by atoms with Crippen molar-refractivity contribution in [1.82, 2.24) is 0 Å². The van der Waals surface area contributed by atoms with E-state index >= 15 is 0 Å². The van der Waals surface area contributed by atoms with E-state index in [1.54, 1.807) is 0 Å². The van der Waals surface area contributed by atoms with E-state index < -0.39 is 5.97 Å². The molecule has 2 N–H and O–H groups in total. The molecule has 1 heterocycles. The van der Waals surface area contributed by atoms with Gasteiger partial charge in [-0.1, -0.05) is 13.8 Å². The van der Waals surface area contributed by atoms with Crippen molar-refractivity contribution >= 4 is 5.97 Å². The van der Waals surface area contributed by atoms with E-state index in [2.05, 4.69) is 6.92 Å². The van der Waals surface area contributed by atoms with Crippen molar-refractivity contribution in [1.29, 1.82) is 0 Å². The van der Waals surface area contributed by atoms with Crippen LogP contribution < -0.4 is 4.74 Å². The highest BCUT2D eigenvalue weighted by Crippen LogP contribution is 2.44. The molecule has 0 bridgehead atoms. The third-order valence-corrected chi connectivity index (χ3v) is 3.66. The number of hydrogen-bond donors (Lipinski definition) is 2. The average Bonchev–Trinajstić information content (AvgIpc) is 2.25. The van der Waals surface area contributed by atoms with Gasteiger partial charge in [0.2, 0.25) is 0 Å². The van der Waals surface area contributed by atoms with Gasteiger partial charge in [0, 0.05) is 5.56 Å². The number of rotatable bonds is 1. The van der Waals surface area contributed by atoms with Crippen molar-refractivity contribution in [3.8, 4) is 11.5 Å². The average molecular weight is 236 g/mol. The van der Waals surface area contributed by atoms with Crippen LogP contribution in [0.1, 0.15) is 42.6 Å². The molecule has 0 saturated heterocycles. The van der Waals surface area contributed by atoms with E-state index in [4.69, 9.17) is 9.84 Å². The largest absolute Gasteiger partial charge is 0.507 e. The van der Waals surface area contributed by atoms with Crippen molar-refractivity contribution in [2.75, 3.05) is 0 Å². The summed E-state index contributed by atoms with van der Waals surface area (Å²) in [5, 5.41) is 18.8. The van der Waals surface area contributed by atoms with Gasteiger partial charge in [-0.2, -0.15) is 0 Å². The van der Waals surface area contributed by atoms with Crippen LogP contribution in [0.3, 0.4) is 0 Å². The summed E-state index contributed by atoms with van der Waals surface area (Å²) in [7, 11) is 0. The van der Waals surface area contributed by atoms with Crippen molar-refractivity contribution in [3.05, 3.63) is 23.3 Å². The summed E-state index contributed by atoms with van der Waals surface area (Å²) in [4.78, 5) is 10.9. The van der Waals surface area contributed by atoms with Crippen molar-refractivity contribution in [3.63, 3.8) is 0 Å². The molecule has 1 aliphatic heterocycles. The van der Waals surface area contributed by atoms with Crippen LogP contribution in [0.15, 0.2) is 12.1 Å². The molecule has 1 aliphatic rings. The lowest BCUT2D eigenvalue weighted by atomic mass is 9.82. The molecule has 0 spiro atoms. The van der Waals surface area contributed by atoms with Gasteiger partial charge in [-0.05, 0) is 30.9 Å². The van der Waals surface area contributed by atoms with Crippen molar-refractivity contribution in [2.45, 2.75) is 32.8 Å². The minimum Gasteiger partial charge on any atom is -0.507 e. The Bertz CT molecular complexity index is 467. The summed E-state index contributed by atoms with van der Waals surface area (Å²) in [5.41, 5.74) is 0.760. The number of hydrogen-bond acceptors (Lipinski definition) is 3. The minimum atomic E-state index is -1.06. The van der Waals surface area contributed by atoms with Crippen LogP contribution in [0.25, 0.3) is 0 Å². The Morgan fingerprint density at radius 3 is 2.53 bits per heavy atom. The van der Waals surface area contributed by atoms with E-state index in [-0.39, 0.29) is 29.3 Å². The van der Waals surface area contributed by atoms with Gasteiger partial charge in [0.1, 0.15) is 11.5 Å². The predicted molar refractivity (Wildman–Crippen MR) is 62.7 cm³/mol. The number of benzene rings is 1. The minimum absolute atomic E-state index is 0.00569. The Morgan fingerprint density at radius 2 is 1.94 bits per heavy atom. The predicted octanol–water partition coefficient (Wildman–Crippen LogP) is 2.61. The fraction of sp³-hybridized carbons (Fsp3) is 0.462. The Hall–Kier alpha value is -1.71. The van der Waals surface area contributed by atoms with Gasteiger partial charge in [-0.25, -0.2) is 4.79 Å².